The molecule has 0 spiro atoms. The molecule has 0 saturated carbocycles. The van der Waals surface area contributed by atoms with Crippen molar-refractivity contribution in [2.75, 3.05) is 26.2 Å². The summed E-state index contributed by atoms with van der Waals surface area (Å²) >= 11 is 0. The van der Waals surface area contributed by atoms with Crippen molar-refractivity contribution in [3.05, 3.63) is 28.6 Å². The molecule has 0 aromatic carbocycles. The lowest BCUT2D eigenvalue weighted by Gasteiger charge is -2.42. The van der Waals surface area contributed by atoms with Crippen molar-refractivity contribution in [1.29, 1.82) is 0 Å². The lowest BCUT2D eigenvalue weighted by Crippen LogP contribution is -2.56. The summed E-state index contributed by atoms with van der Waals surface area (Å²) in [5.74, 6) is -2.06. The molecular formula is C31H47N5O6. The molecule has 3 aliphatic rings. The third kappa shape index (κ3) is 7.59. The summed E-state index contributed by atoms with van der Waals surface area (Å²) in [6.45, 7) is 9.94. The van der Waals surface area contributed by atoms with Gasteiger partial charge in [-0.2, -0.15) is 0 Å². The molecule has 0 bridgehead atoms. The number of nitrogens with zero attached hydrogens (tertiary/aromatic N) is 5. The van der Waals surface area contributed by atoms with E-state index in [0.29, 0.717) is 31.5 Å². The number of amides is 2. The summed E-state index contributed by atoms with van der Waals surface area (Å²) in [4.78, 5) is 42.6. The van der Waals surface area contributed by atoms with Gasteiger partial charge in [0.25, 0.3) is 5.91 Å². The molecule has 2 atom stereocenters. The van der Waals surface area contributed by atoms with Crippen molar-refractivity contribution in [2.24, 2.45) is 11.8 Å². The second-order valence-corrected chi connectivity index (χ2v) is 13.3. The molecule has 232 valence electrons. The highest BCUT2D eigenvalue weighted by molar-refractivity contribution is 5.94. The topological polar surface area (TPSA) is 138 Å². The minimum atomic E-state index is -1.01. The Kier molecular flexibility index (Phi) is 10.1. The van der Waals surface area contributed by atoms with Crippen LogP contribution in [0.3, 0.4) is 0 Å². The largest absolute Gasteiger partial charge is 0.481 e. The number of piperidine rings is 1. The van der Waals surface area contributed by atoms with Crippen LogP contribution < -0.4 is 0 Å². The van der Waals surface area contributed by atoms with E-state index in [9.17, 15) is 24.6 Å². The molecule has 2 amide bonds. The quantitative estimate of drug-likeness (QED) is 0.383. The van der Waals surface area contributed by atoms with Crippen LogP contribution in [0, 0.1) is 11.8 Å². The number of hydrogen-bond donors (Lipinski definition) is 2. The summed E-state index contributed by atoms with van der Waals surface area (Å²) in [5, 5.41) is 28.3. The van der Waals surface area contributed by atoms with Crippen LogP contribution in [0.1, 0.15) is 102 Å². The fraction of sp³-hybridized carbons (Fsp3) is 0.710. The maximum atomic E-state index is 14.3. The van der Waals surface area contributed by atoms with Gasteiger partial charge in [-0.1, -0.05) is 24.6 Å². The van der Waals surface area contributed by atoms with E-state index in [1.165, 1.54) is 22.5 Å². The predicted molar refractivity (Wildman–Crippen MR) is 158 cm³/mol. The number of carboxylic acid groups (broad SMARTS) is 1. The Morgan fingerprint density at radius 1 is 1.12 bits per heavy atom. The summed E-state index contributed by atoms with van der Waals surface area (Å²) in [6.07, 6.45) is 8.82. The van der Waals surface area contributed by atoms with E-state index in [0.717, 1.165) is 31.4 Å². The highest BCUT2D eigenvalue weighted by Gasteiger charge is 2.41. The van der Waals surface area contributed by atoms with E-state index < -0.39 is 29.6 Å². The smallest absolute Gasteiger partial charge is 0.410 e. The van der Waals surface area contributed by atoms with Gasteiger partial charge in [0.05, 0.1) is 17.7 Å². The molecule has 11 heteroatoms. The van der Waals surface area contributed by atoms with Gasteiger partial charge < -0.3 is 24.7 Å². The lowest BCUT2D eigenvalue weighted by molar-refractivity contribution is -0.144. The van der Waals surface area contributed by atoms with Crippen LogP contribution in [0.15, 0.2) is 17.2 Å². The third-order valence-corrected chi connectivity index (χ3v) is 8.15. The number of hydrogen-bond acceptors (Lipinski definition) is 7. The average Bonchev–Trinajstić information content (AvgIpc) is 3.57. The van der Waals surface area contributed by atoms with Gasteiger partial charge in [0.1, 0.15) is 5.60 Å². The zero-order chi connectivity index (χ0) is 30.6. The highest BCUT2D eigenvalue weighted by atomic mass is 16.6. The third-order valence-electron chi connectivity index (χ3n) is 8.15. The Labute approximate surface area is 248 Å². The SMILES string of the molecule is CC(C)CN(C(=O)c1nnn(C2=CC3=C(CCC3)CC2)c1CCCCO)[C@H]1C[C@@H](C(=O)O)CN(C(=O)OC(C)(C)C)C1. The first-order valence-corrected chi connectivity index (χ1v) is 15.4. The van der Waals surface area contributed by atoms with Crippen molar-refractivity contribution >= 4 is 23.7 Å². The molecule has 0 radical (unpaired) electrons. The lowest BCUT2D eigenvalue weighted by atomic mass is 9.92. The van der Waals surface area contributed by atoms with Crippen molar-refractivity contribution < 1.29 is 29.3 Å². The molecule has 1 aliphatic heterocycles. The van der Waals surface area contributed by atoms with E-state index in [1.54, 1.807) is 25.7 Å². The monoisotopic (exact) mass is 585 g/mol. The summed E-state index contributed by atoms with van der Waals surface area (Å²) < 4.78 is 7.38. The molecule has 1 fully saturated rings. The van der Waals surface area contributed by atoms with Crippen LogP contribution in [0.25, 0.3) is 5.70 Å². The molecule has 2 aliphatic carbocycles. The van der Waals surface area contributed by atoms with Crippen LogP contribution in [-0.4, -0.2) is 90.9 Å². The number of aliphatic carboxylic acids is 1. The fourth-order valence-corrected chi connectivity index (χ4v) is 6.22. The predicted octanol–water partition coefficient (Wildman–Crippen LogP) is 4.52. The number of carboxylic acids is 1. The van der Waals surface area contributed by atoms with Crippen LogP contribution in [0.5, 0.6) is 0 Å². The number of aliphatic hydroxyl groups excluding tert-OH is 1. The van der Waals surface area contributed by atoms with Crippen molar-refractivity contribution in [2.45, 2.75) is 104 Å². The number of allylic oxidation sites excluding steroid dienone is 4. The van der Waals surface area contributed by atoms with Gasteiger partial charge in [0.15, 0.2) is 5.69 Å². The molecule has 1 aromatic rings. The first kappa shape index (κ1) is 31.7. The first-order valence-electron chi connectivity index (χ1n) is 15.4. The van der Waals surface area contributed by atoms with E-state index in [4.69, 9.17) is 4.74 Å². The second-order valence-electron chi connectivity index (χ2n) is 13.3. The fourth-order valence-electron chi connectivity index (χ4n) is 6.22. The van der Waals surface area contributed by atoms with Crippen molar-refractivity contribution in [3.63, 3.8) is 0 Å². The van der Waals surface area contributed by atoms with Crippen LogP contribution in [0.2, 0.25) is 0 Å². The van der Waals surface area contributed by atoms with E-state index in [1.807, 2.05) is 18.5 Å². The van der Waals surface area contributed by atoms with Gasteiger partial charge in [-0.15, -0.1) is 5.10 Å². The number of aromatic nitrogens is 3. The average molecular weight is 586 g/mol. The van der Waals surface area contributed by atoms with Gasteiger partial charge in [-0.05, 0) is 96.1 Å². The molecule has 0 unspecified atom stereocenters. The Balaban J connectivity index is 1.68. The molecule has 11 nitrogen and oxygen atoms in total. The highest BCUT2D eigenvalue weighted by Crippen LogP contribution is 2.37. The number of carbonyl (C=O) groups excluding carboxylic acids is 2. The maximum absolute atomic E-state index is 14.3. The number of unbranched alkanes of at least 4 members (excludes halogenated alkanes) is 1. The standard InChI is InChI=1S/C31H47N5O6/c1-20(2)17-35(25-16-23(29(39)40)18-34(19-25)30(41)42-31(3,4)5)28(38)27-26(11-6-7-14-37)36(33-32-27)24-13-12-21-9-8-10-22(21)15-24/h15,20,23,25,37H,6-14,16-19H2,1-5H3,(H,39,40)/t23-,25+/m1/s1. The number of rotatable bonds is 10. The molecule has 4 rings (SSSR count). The molecule has 42 heavy (non-hydrogen) atoms. The van der Waals surface area contributed by atoms with Gasteiger partial charge >= 0.3 is 12.1 Å². The zero-order valence-corrected chi connectivity index (χ0v) is 25.8. The summed E-state index contributed by atoms with van der Waals surface area (Å²) in [5.41, 5.74) is 4.14. The minimum Gasteiger partial charge on any atom is -0.481 e. The molecule has 2 heterocycles. The summed E-state index contributed by atoms with van der Waals surface area (Å²) in [7, 11) is 0. The summed E-state index contributed by atoms with van der Waals surface area (Å²) in [6, 6.07) is -0.530. The minimum absolute atomic E-state index is 0.0268. The van der Waals surface area contributed by atoms with Gasteiger partial charge in [-0.3, -0.25) is 9.59 Å². The molecule has 1 saturated heterocycles. The normalized spacial score (nSPS) is 20.9. The Bertz CT molecular complexity index is 1230. The van der Waals surface area contributed by atoms with Crippen molar-refractivity contribution in [1.82, 2.24) is 24.8 Å². The number of carbonyl (C=O) groups is 3. The maximum Gasteiger partial charge on any atom is 0.410 e. The Morgan fingerprint density at radius 3 is 2.55 bits per heavy atom. The van der Waals surface area contributed by atoms with Crippen LogP contribution in [-0.2, 0) is 16.0 Å². The molecular weight excluding hydrogens is 538 g/mol. The zero-order valence-electron chi connectivity index (χ0n) is 25.8. The van der Waals surface area contributed by atoms with Crippen molar-refractivity contribution in [3.8, 4) is 0 Å². The van der Waals surface area contributed by atoms with Crippen LogP contribution >= 0.6 is 0 Å². The number of ether oxygens (including phenoxy) is 1. The number of aliphatic hydroxyl groups is 1. The molecule has 2 N–H and O–H groups in total. The Morgan fingerprint density at radius 2 is 1.88 bits per heavy atom. The first-order chi connectivity index (χ1) is 19.9. The number of likely N-dealkylation sites (tertiary alicyclic amines) is 1. The van der Waals surface area contributed by atoms with Gasteiger partial charge in [0.2, 0.25) is 0 Å². The molecule has 1 aromatic heterocycles. The van der Waals surface area contributed by atoms with E-state index >= 15 is 0 Å². The van der Waals surface area contributed by atoms with E-state index in [-0.39, 0.29) is 43.6 Å². The Hall–Kier alpha value is -3.21. The van der Waals surface area contributed by atoms with E-state index in [2.05, 4.69) is 16.4 Å². The second kappa shape index (κ2) is 13.4. The van der Waals surface area contributed by atoms with Gasteiger partial charge in [0, 0.05) is 31.9 Å². The van der Waals surface area contributed by atoms with Gasteiger partial charge in [-0.25, -0.2) is 9.48 Å². The van der Waals surface area contributed by atoms with Crippen LogP contribution in [0.4, 0.5) is 4.79 Å².